The van der Waals surface area contributed by atoms with Gasteiger partial charge in [0.05, 0.1) is 18.0 Å². The summed E-state index contributed by atoms with van der Waals surface area (Å²) in [6, 6.07) is 2.34. The van der Waals surface area contributed by atoms with Crippen molar-refractivity contribution in [3.8, 4) is 0 Å². The van der Waals surface area contributed by atoms with Crippen molar-refractivity contribution >= 4 is 9.84 Å². The van der Waals surface area contributed by atoms with Crippen LogP contribution in [-0.2, 0) is 22.9 Å². The Morgan fingerprint density at radius 3 is 2.72 bits per heavy atom. The van der Waals surface area contributed by atoms with Gasteiger partial charge in [0.15, 0.2) is 9.84 Å². The van der Waals surface area contributed by atoms with Crippen molar-refractivity contribution in [2.75, 3.05) is 11.5 Å². The summed E-state index contributed by atoms with van der Waals surface area (Å²) in [5, 5.41) is 7.61. The molecule has 0 fully saturated rings. The minimum Gasteiger partial charge on any atom is -0.309 e. The Kier molecular flexibility index (Phi) is 5.81. The summed E-state index contributed by atoms with van der Waals surface area (Å²) < 4.78 is 24.8. The smallest absolute Gasteiger partial charge is 0.152 e. The first-order valence-corrected chi connectivity index (χ1v) is 8.21. The molecular weight excluding hydrogens is 250 g/mol. The minimum absolute atomic E-state index is 0.166. The molecule has 0 aliphatic rings. The van der Waals surface area contributed by atoms with Crippen molar-refractivity contribution in [1.82, 2.24) is 15.1 Å². The maximum atomic E-state index is 11.6. The first kappa shape index (κ1) is 15.2. The summed E-state index contributed by atoms with van der Waals surface area (Å²) in [6.07, 6.45) is 2.50. The molecule has 6 heteroatoms. The largest absolute Gasteiger partial charge is 0.309 e. The van der Waals surface area contributed by atoms with Crippen LogP contribution in [0.4, 0.5) is 0 Å². The normalized spacial score (nSPS) is 12.2. The summed E-state index contributed by atoms with van der Waals surface area (Å²) in [4.78, 5) is 0. The van der Waals surface area contributed by atoms with Gasteiger partial charge in [-0.1, -0.05) is 20.8 Å². The highest BCUT2D eigenvalue weighted by Crippen LogP contribution is 1.99. The van der Waals surface area contributed by atoms with Gasteiger partial charge in [-0.05, 0) is 12.5 Å². The van der Waals surface area contributed by atoms with Crippen LogP contribution < -0.4 is 5.32 Å². The van der Waals surface area contributed by atoms with Crippen molar-refractivity contribution in [2.24, 2.45) is 0 Å². The molecule has 0 saturated carbocycles. The molecule has 1 aromatic rings. The number of aromatic nitrogens is 2. The molecule has 0 spiro atoms. The number of sulfone groups is 1. The molecule has 18 heavy (non-hydrogen) atoms. The van der Waals surface area contributed by atoms with Crippen molar-refractivity contribution < 1.29 is 8.42 Å². The van der Waals surface area contributed by atoms with E-state index in [9.17, 15) is 8.42 Å². The van der Waals surface area contributed by atoms with Crippen LogP contribution in [0.25, 0.3) is 0 Å². The third-order valence-electron chi connectivity index (χ3n) is 2.53. The topological polar surface area (TPSA) is 64.0 Å². The lowest BCUT2D eigenvalue weighted by Crippen LogP contribution is -2.22. The molecule has 0 bridgehead atoms. The Morgan fingerprint density at radius 1 is 1.39 bits per heavy atom. The van der Waals surface area contributed by atoms with E-state index in [4.69, 9.17) is 0 Å². The standard InChI is InChI=1S/C12H23N3O2S/c1-4-8-18(16,17)9-7-15-6-5-12(14-15)10-13-11(2)3/h5-6,11,13H,4,7-10H2,1-3H3. The Morgan fingerprint density at radius 2 is 2.11 bits per heavy atom. The van der Waals surface area contributed by atoms with Crippen molar-refractivity contribution in [3.05, 3.63) is 18.0 Å². The summed E-state index contributed by atoms with van der Waals surface area (Å²) >= 11 is 0. The molecule has 0 radical (unpaired) electrons. The monoisotopic (exact) mass is 273 g/mol. The van der Waals surface area contributed by atoms with Crippen LogP contribution in [0.1, 0.15) is 32.9 Å². The van der Waals surface area contributed by atoms with Gasteiger partial charge >= 0.3 is 0 Å². The van der Waals surface area contributed by atoms with Crippen molar-refractivity contribution in [1.29, 1.82) is 0 Å². The van der Waals surface area contributed by atoms with E-state index < -0.39 is 9.84 Å². The third kappa shape index (κ3) is 5.64. The fraction of sp³-hybridized carbons (Fsp3) is 0.750. The predicted octanol–water partition coefficient (Wildman–Crippen LogP) is 1.21. The molecule has 1 heterocycles. The van der Waals surface area contributed by atoms with Gasteiger partial charge in [0.25, 0.3) is 0 Å². The molecule has 1 N–H and O–H groups in total. The molecule has 104 valence electrons. The Labute approximate surface area is 109 Å². The first-order valence-electron chi connectivity index (χ1n) is 6.39. The summed E-state index contributed by atoms with van der Waals surface area (Å²) in [5.41, 5.74) is 0.941. The lowest BCUT2D eigenvalue weighted by Gasteiger charge is -2.05. The van der Waals surface area contributed by atoms with Crippen molar-refractivity contribution in [3.63, 3.8) is 0 Å². The van der Waals surface area contributed by atoms with Crippen molar-refractivity contribution in [2.45, 2.75) is 46.3 Å². The van der Waals surface area contributed by atoms with E-state index in [1.165, 1.54) is 0 Å². The van der Waals surface area contributed by atoms with Gasteiger partial charge in [-0.15, -0.1) is 0 Å². The highest BCUT2D eigenvalue weighted by atomic mass is 32.2. The van der Waals surface area contributed by atoms with Crippen LogP contribution in [0.15, 0.2) is 12.3 Å². The quantitative estimate of drug-likeness (QED) is 0.773. The zero-order valence-electron chi connectivity index (χ0n) is 11.4. The van der Waals surface area contributed by atoms with Gasteiger partial charge in [-0.2, -0.15) is 5.10 Å². The number of nitrogens with zero attached hydrogens (tertiary/aromatic N) is 2. The maximum Gasteiger partial charge on any atom is 0.152 e. The Bertz CT molecular complexity index is 452. The molecule has 0 saturated heterocycles. The molecule has 0 atom stereocenters. The van der Waals surface area contributed by atoms with Crippen LogP contribution in [0.3, 0.4) is 0 Å². The van der Waals surface area contributed by atoms with E-state index in [1.807, 2.05) is 19.2 Å². The predicted molar refractivity (Wildman–Crippen MR) is 73.1 cm³/mol. The molecular formula is C12H23N3O2S. The zero-order valence-corrected chi connectivity index (χ0v) is 12.2. The van der Waals surface area contributed by atoms with Gasteiger partial charge in [0.1, 0.15) is 0 Å². The van der Waals surface area contributed by atoms with E-state index in [1.54, 1.807) is 4.68 Å². The van der Waals surface area contributed by atoms with Gasteiger partial charge in [0, 0.05) is 24.5 Å². The Hall–Kier alpha value is -0.880. The summed E-state index contributed by atoms with van der Waals surface area (Å²) in [7, 11) is -2.92. The van der Waals surface area contributed by atoms with Crippen LogP contribution >= 0.6 is 0 Å². The summed E-state index contributed by atoms with van der Waals surface area (Å²) in [5.74, 6) is 0.426. The fourth-order valence-electron chi connectivity index (χ4n) is 1.58. The number of rotatable bonds is 8. The van der Waals surface area contributed by atoms with E-state index in [2.05, 4.69) is 24.3 Å². The molecule has 5 nitrogen and oxygen atoms in total. The van der Waals surface area contributed by atoms with Gasteiger partial charge in [-0.3, -0.25) is 4.68 Å². The maximum absolute atomic E-state index is 11.6. The minimum atomic E-state index is -2.92. The van der Waals surface area contributed by atoms with Crippen LogP contribution in [0.2, 0.25) is 0 Å². The molecule has 0 amide bonds. The fourth-order valence-corrected chi connectivity index (χ4v) is 2.87. The average Bonchev–Trinajstić information content (AvgIpc) is 2.72. The van der Waals surface area contributed by atoms with Gasteiger partial charge < -0.3 is 5.32 Å². The molecule has 0 aromatic carbocycles. The second-order valence-corrected chi connectivity index (χ2v) is 7.06. The van der Waals surface area contributed by atoms with Gasteiger partial charge in [-0.25, -0.2) is 8.42 Å². The molecule has 1 aromatic heterocycles. The number of hydrogen-bond donors (Lipinski definition) is 1. The van der Waals surface area contributed by atoms with Crippen LogP contribution in [0.5, 0.6) is 0 Å². The first-order chi connectivity index (χ1) is 8.43. The number of hydrogen-bond acceptors (Lipinski definition) is 4. The second kappa shape index (κ2) is 6.89. The lowest BCUT2D eigenvalue weighted by molar-refractivity contribution is 0.560. The lowest BCUT2D eigenvalue weighted by atomic mass is 10.3. The highest BCUT2D eigenvalue weighted by Gasteiger charge is 2.09. The zero-order chi connectivity index (χ0) is 13.6. The summed E-state index contributed by atoms with van der Waals surface area (Å²) in [6.45, 7) is 7.18. The van der Waals surface area contributed by atoms with Gasteiger partial charge in [0.2, 0.25) is 0 Å². The van der Waals surface area contributed by atoms with Crippen LogP contribution in [-0.4, -0.2) is 35.7 Å². The molecule has 0 aliphatic carbocycles. The third-order valence-corrected chi connectivity index (χ3v) is 4.37. The Balaban J connectivity index is 2.44. The highest BCUT2D eigenvalue weighted by molar-refractivity contribution is 7.91. The molecule has 0 aliphatic heterocycles. The molecule has 0 unspecified atom stereocenters. The van der Waals surface area contributed by atoms with E-state index >= 15 is 0 Å². The average molecular weight is 273 g/mol. The number of aryl methyl sites for hydroxylation is 1. The second-order valence-electron chi connectivity index (χ2n) is 4.76. The molecule has 1 rings (SSSR count). The van der Waals surface area contributed by atoms with Crippen LogP contribution in [0, 0.1) is 0 Å². The van der Waals surface area contributed by atoms with E-state index in [-0.39, 0.29) is 11.5 Å². The SMILES string of the molecule is CCCS(=O)(=O)CCn1ccc(CNC(C)C)n1. The van der Waals surface area contributed by atoms with E-state index in [0.29, 0.717) is 25.6 Å². The number of nitrogens with one attached hydrogen (secondary N) is 1. The van der Waals surface area contributed by atoms with E-state index in [0.717, 1.165) is 5.69 Å².